The summed E-state index contributed by atoms with van der Waals surface area (Å²) in [5, 5.41) is 0. The zero-order valence-corrected chi connectivity index (χ0v) is 9.56. The van der Waals surface area contributed by atoms with Gasteiger partial charge in [0, 0.05) is 26.3 Å². The zero-order chi connectivity index (χ0) is 11.8. The Morgan fingerprint density at radius 1 is 1.06 bits per heavy atom. The van der Waals surface area contributed by atoms with Crippen LogP contribution in [0.5, 0.6) is 11.5 Å². The van der Waals surface area contributed by atoms with E-state index < -0.39 is 0 Å². The first-order chi connectivity index (χ1) is 7.81. The fourth-order valence-electron chi connectivity index (χ4n) is 1.20. The average Bonchev–Trinajstić information content (AvgIpc) is 2.34. The number of benzene rings is 1. The number of hydrogen-bond acceptors (Lipinski definition) is 5. The van der Waals surface area contributed by atoms with Gasteiger partial charge in [-0.25, -0.2) is 0 Å². The number of rotatable bonds is 7. The normalized spacial score (nSPS) is 10.2. The van der Waals surface area contributed by atoms with E-state index in [9.17, 15) is 0 Å². The molecule has 0 radical (unpaired) electrons. The predicted octanol–water partition coefficient (Wildman–Crippen LogP) is 1.11. The van der Waals surface area contributed by atoms with E-state index in [0.29, 0.717) is 18.0 Å². The van der Waals surface area contributed by atoms with Crippen LogP contribution in [0.15, 0.2) is 18.2 Å². The Morgan fingerprint density at radius 3 is 2.38 bits per heavy atom. The molecule has 5 nitrogen and oxygen atoms in total. The minimum atomic E-state index is 0.200. The van der Waals surface area contributed by atoms with E-state index in [4.69, 9.17) is 24.7 Å². The summed E-state index contributed by atoms with van der Waals surface area (Å²) in [7, 11) is 3.14. The summed E-state index contributed by atoms with van der Waals surface area (Å²) in [6, 6.07) is 5.42. The Morgan fingerprint density at radius 2 is 1.75 bits per heavy atom. The van der Waals surface area contributed by atoms with Gasteiger partial charge in [-0.15, -0.1) is 0 Å². The molecule has 1 rings (SSSR count). The Balaban J connectivity index is 2.71. The Bertz CT molecular complexity index is 317. The number of methoxy groups -OCH3 is 2. The third kappa shape index (κ3) is 3.69. The van der Waals surface area contributed by atoms with Gasteiger partial charge in [0.05, 0.1) is 0 Å². The first-order valence-corrected chi connectivity index (χ1v) is 4.88. The Kier molecular flexibility index (Phi) is 5.63. The quantitative estimate of drug-likeness (QED) is 0.707. The van der Waals surface area contributed by atoms with E-state index in [1.54, 1.807) is 26.4 Å². The summed E-state index contributed by atoms with van der Waals surface area (Å²) in [6.45, 7) is 0.788. The van der Waals surface area contributed by atoms with Gasteiger partial charge in [-0.2, -0.15) is 0 Å². The molecule has 0 aliphatic carbocycles. The lowest BCUT2D eigenvalue weighted by Gasteiger charge is -2.11. The van der Waals surface area contributed by atoms with Crippen LogP contribution in [0.4, 0.5) is 0 Å². The first-order valence-electron chi connectivity index (χ1n) is 4.88. The molecule has 90 valence electrons. The van der Waals surface area contributed by atoms with Crippen molar-refractivity contribution in [1.29, 1.82) is 0 Å². The van der Waals surface area contributed by atoms with Crippen LogP contribution in [-0.4, -0.2) is 27.8 Å². The van der Waals surface area contributed by atoms with Crippen molar-refractivity contribution >= 4 is 0 Å². The molecule has 0 aliphatic heterocycles. The third-order valence-corrected chi connectivity index (χ3v) is 1.93. The van der Waals surface area contributed by atoms with Crippen molar-refractivity contribution in [1.82, 2.24) is 0 Å². The van der Waals surface area contributed by atoms with Gasteiger partial charge in [-0.1, -0.05) is 0 Å². The topological polar surface area (TPSA) is 62.9 Å². The molecule has 1 aromatic carbocycles. The largest absolute Gasteiger partial charge is 0.468 e. The lowest BCUT2D eigenvalue weighted by Crippen LogP contribution is -2.06. The summed E-state index contributed by atoms with van der Waals surface area (Å²) in [4.78, 5) is 0. The molecule has 0 saturated carbocycles. The van der Waals surface area contributed by atoms with Gasteiger partial charge < -0.3 is 24.7 Å². The van der Waals surface area contributed by atoms with Gasteiger partial charge in [-0.05, 0) is 18.2 Å². The molecule has 0 heterocycles. The Labute approximate surface area is 95.1 Å². The van der Waals surface area contributed by atoms with Crippen LogP contribution in [0, 0.1) is 0 Å². The van der Waals surface area contributed by atoms with Crippen molar-refractivity contribution in [2.24, 2.45) is 5.73 Å². The third-order valence-electron chi connectivity index (χ3n) is 1.93. The lowest BCUT2D eigenvalue weighted by atomic mass is 10.2. The summed E-state index contributed by atoms with van der Waals surface area (Å²) >= 11 is 0. The standard InChI is InChI=1S/C11H17NO4/c1-13-7-15-10-3-4-11(16-8-14-2)9(5-10)6-12/h3-5H,6-8,12H2,1-2H3. The van der Waals surface area contributed by atoms with Crippen LogP contribution < -0.4 is 15.2 Å². The summed E-state index contributed by atoms with van der Waals surface area (Å²) in [5.41, 5.74) is 6.48. The lowest BCUT2D eigenvalue weighted by molar-refractivity contribution is 0.0478. The molecule has 1 aromatic rings. The minimum absolute atomic E-state index is 0.200. The number of ether oxygens (including phenoxy) is 4. The van der Waals surface area contributed by atoms with Crippen molar-refractivity contribution in [3.8, 4) is 11.5 Å². The monoisotopic (exact) mass is 227 g/mol. The molecule has 2 N–H and O–H groups in total. The SMILES string of the molecule is COCOc1ccc(OCOC)c(CN)c1. The fourth-order valence-corrected chi connectivity index (χ4v) is 1.20. The van der Waals surface area contributed by atoms with Crippen LogP contribution in [0.3, 0.4) is 0 Å². The van der Waals surface area contributed by atoms with E-state index in [2.05, 4.69) is 0 Å². The first kappa shape index (κ1) is 12.8. The molecule has 0 spiro atoms. The smallest absolute Gasteiger partial charge is 0.188 e. The highest BCUT2D eigenvalue weighted by Gasteiger charge is 2.04. The van der Waals surface area contributed by atoms with Crippen LogP contribution in [-0.2, 0) is 16.0 Å². The molecule has 5 heteroatoms. The highest BCUT2D eigenvalue weighted by Crippen LogP contribution is 2.23. The van der Waals surface area contributed by atoms with E-state index in [0.717, 1.165) is 5.56 Å². The van der Waals surface area contributed by atoms with Crippen molar-refractivity contribution in [2.75, 3.05) is 27.8 Å². The maximum Gasteiger partial charge on any atom is 0.188 e. The van der Waals surface area contributed by atoms with Crippen LogP contribution in [0.2, 0.25) is 0 Å². The maximum atomic E-state index is 5.61. The highest BCUT2D eigenvalue weighted by atomic mass is 16.7. The second-order valence-electron chi connectivity index (χ2n) is 3.08. The van der Waals surface area contributed by atoms with Gasteiger partial charge in [0.15, 0.2) is 13.6 Å². The second kappa shape index (κ2) is 7.05. The molecule has 16 heavy (non-hydrogen) atoms. The molecule has 0 amide bonds. The molecule has 0 fully saturated rings. The molecular formula is C11H17NO4. The van der Waals surface area contributed by atoms with Gasteiger partial charge in [0.25, 0.3) is 0 Å². The van der Waals surface area contributed by atoms with Gasteiger partial charge in [0.1, 0.15) is 11.5 Å². The minimum Gasteiger partial charge on any atom is -0.468 e. The van der Waals surface area contributed by atoms with E-state index in [1.165, 1.54) is 0 Å². The molecule has 0 unspecified atom stereocenters. The van der Waals surface area contributed by atoms with Crippen LogP contribution in [0.25, 0.3) is 0 Å². The van der Waals surface area contributed by atoms with E-state index >= 15 is 0 Å². The molecule has 0 saturated heterocycles. The number of hydrogen-bond donors (Lipinski definition) is 1. The van der Waals surface area contributed by atoms with Gasteiger partial charge >= 0.3 is 0 Å². The molecular weight excluding hydrogens is 210 g/mol. The van der Waals surface area contributed by atoms with Crippen molar-refractivity contribution < 1.29 is 18.9 Å². The van der Waals surface area contributed by atoms with Crippen molar-refractivity contribution in [3.05, 3.63) is 23.8 Å². The Hall–Kier alpha value is -1.30. The second-order valence-corrected chi connectivity index (χ2v) is 3.08. The van der Waals surface area contributed by atoms with E-state index in [-0.39, 0.29) is 13.6 Å². The summed E-state index contributed by atoms with van der Waals surface area (Å²) < 4.78 is 20.3. The summed E-state index contributed by atoms with van der Waals surface area (Å²) in [5.74, 6) is 1.40. The average molecular weight is 227 g/mol. The van der Waals surface area contributed by atoms with Gasteiger partial charge in [0.2, 0.25) is 0 Å². The zero-order valence-electron chi connectivity index (χ0n) is 9.56. The van der Waals surface area contributed by atoms with E-state index in [1.807, 2.05) is 6.07 Å². The van der Waals surface area contributed by atoms with Crippen LogP contribution >= 0.6 is 0 Å². The number of nitrogens with two attached hydrogens (primary N) is 1. The van der Waals surface area contributed by atoms with Gasteiger partial charge in [-0.3, -0.25) is 0 Å². The highest BCUT2D eigenvalue weighted by molar-refractivity contribution is 5.40. The van der Waals surface area contributed by atoms with Crippen LogP contribution in [0.1, 0.15) is 5.56 Å². The summed E-state index contributed by atoms with van der Waals surface area (Å²) in [6.07, 6.45) is 0. The predicted molar refractivity (Wildman–Crippen MR) is 59.3 cm³/mol. The van der Waals surface area contributed by atoms with Crippen molar-refractivity contribution in [3.63, 3.8) is 0 Å². The van der Waals surface area contributed by atoms with Crippen molar-refractivity contribution in [2.45, 2.75) is 6.54 Å². The maximum absolute atomic E-state index is 5.61. The molecule has 0 aromatic heterocycles. The molecule has 0 atom stereocenters. The fraction of sp³-hybridized carbons (Fsp3) is 0.455. The molecule has 0 aliphatic rings. The molecule has 0 bridgehead atoms.